The maximum atomic E-state index is 5.73. The monoisotopic (exact) mass is 165 g/mol. The van der Waals surface area contributed by atoms with E-state index in [0.717, 1.165) is 16.9 Å². The Hall–Kier alpha value is -1.02. The molecule has 66 valence electrons. The molecule has 1 rings (SSSR count). The summed E-state index contributed by atoms with van der Waals surface area (Å²) in [5, 5.41) is 0. The van der Waals surface area contributed by atoms with Gasteiger partial charge in [-0.1, -0.05) is 12.1 Å². The molecule has 12 heavy (non-hydrogen) atoms. The molecule has 0 aliphatic heterocycles. The molecule has 0 aliphatic rings. The van der Waals surface area contributed by atoms with Gasteiger partial charge in [0, 0.05) is 6.04 Å². The third kappa shape index (κ3) is 1.77. The molecule has 1 aromatic rings. The van der Waals surface area contributed by atoms with E-state index in [4.69, 9.17) is 10.5 Å². The molecule has 0 saturated carbocycles. The summed E-state index contributed by atoms with van der Waals surface area (Å²) in [5.41, 5.74) is 7.98. The standard InChI is InChI=1S/C10H15NO/c1-7-4-5-9(8(2)11)6-10(7)12-3/h4-6,8H,11H2,1-3H3/t8-/m1/s1. The van der Waals surface area contributed by atoms with Gasteiger partial charge in [-0.3, -0.25) is 0 Å². The lowest BCUT2D eigenvalue weighted by Gasteiger charge is -2.09. The van der Waals surface area contributed by atoms with E-state index in [-0.39, 0.29) is 6.04 Å². The minimum atomic E-state index is 0.0690. The second-order valence-corrected chi connectivity index (χ2v) is 3.02. The van der Waals surface area contributed by atoms with E-state index in [2.05, 4.69) is 0 Å². The zero-order chi connectivity index (χ0) is 9.14. The van der Waals surface area contributed by atoms with Gasteiger partial charge >= 0.3 is 0 Å². The van der Waals surface area contributed by atoms with E-state index >= 15 is 0 Å². The van der Waals surface area contributed by atoms with Crippen LogP contribution < -0.4 is 10.5 Å². The van der Waals surface area contributed by atoms with E-state index < -0.39 is 0 Å². The van der Waals surface area contributed by atoms with E-state index in [1.165, 1.54) is 0 Å². The maximum absolute atomic E-state index is 5.73. The molecule has 1 aromatic carbocycles. The molecule has 0 fully saturated rings. The zero-order valence-electron chi connectivity index (χ0n) is 7.79. The van der Waals surface area contributed by atoms with Gasteiger partial charge in [0.25, 0.3) is 0 Å². The van der Waals surface area contributed by atoms with Crippen molar-refractivity contribution in [2.75, 3.05) is 7.11 Å². The van der Waals surface area contributed by atoms with Crippen molar-refractivity contribution in [2.24, 2.45) is 5.73 Å². The number of ether oxygens (including phenoxy) is 1. The molecule has 0 amide bonds. The summed E-state index contributed by atoms with van der Waals surface area (Å²) in [6, 6.07) is 6.11. The molecule has 0 aromatic heterocycles. The highest BCUT2D eigenvalue weighted by atomic mass is 16.5. The lowest BCUT2D eigenvalue weighted by Crippen LogP contribution is -2.05. The van der Waals surface area contributed by atoms with Crippen LogP contribution in [-0.2, 0) is 0 Å². The molecule has 0 spiro atoms. The summed E-state index contributed by atoms with van der Waals surface area (Å²) >= 11 is 0. The number of aryl methyl sites for hydroxylation is 1. The van der Waals surface area contributed by atoms with E-state index in [1.807, 2.05) is 32.0 Å². The van der Waals surface area contributed by atoms with Crippen molar-refractivity contribution < 1.29 is 4.74 Å². The second kappa shape index (κ2) is 3.59. The predicted octanol–water partition coefficient (Wildman–Crippen LogP) is 2.02. The lowest BCUT2D eigenvalue weighted by molar-refractivity contribution is 0.411. The van der Waals surface area contributed by atoms with E-state index in [1.54, 1.807) is 7.11 Å². The Morgan fingerprint density at radius 2 is 2.08 bits per heavy atom. The maximum Gasteiger partial charge on any atom is 0.122 e. The fourth-order valence-electron chi connectivity index (χ4n) is 1.12. The van der Waals surface area contributed by atoms with Crippen molar-refractivity contribution in [3.63, 3.8) is 0 Å². The molecule has 1 atom stereocenters. The van der Waals surface area contributed by atoms with E-state index in [9.17, 15) is 0 Å². The summed E-state index contributed by atoms with van der Waals surface area (Å²) < 4.78 is 5.18. The van der Waals surface area contributed by atoms with Gasteiger partial charge in [-0.05, 0) is 31.0 Å². The SMILES string of the molecule is COc1cc([C@@H](C)N)ccc1C. The second-order valence-electron chi connectivity index (χ2n) is 3.02. The van der Waals surface area contributed by atoms with Crippen molar-refractivity contribution in [1.29, 1.82) is 0 Å². The summed E-state index contributed by atoms with van der Waals surface area (Å²) in [4.78, 5) is 0. The number of hydrogen-bond acceptors (Lipinski definition) is 2. The van der Waals surface area contributed by atoms with Gasteiger partial charge < -0.3 is 10.5 Å². The van der Waals surface area contributed by atoms with Gasteiger partial charge in [0.2, 0.25) is 0 Å². The van der Waals surface area contributed by atoms with Crippen LogP contribution in [0.1, 0.15) is 24.1 Å². The van der Waals surface area contributed by atoms with Gasteiger partial charge in [-0.2, -0.15) is 0 Å². The molecule has 2 nitrogen and oxygen atoms in total. The summed E-state index contributed by atoms with van der Waals surface area (Å²) in [7, 11) is 1.67. The van der Waals surface area contributed by atoms with Crippen LogP contribution >= 0.6 is 0 Å². The van der Waals surface area contributed by atoms with Gasteiger partial charge in [0.05, 0.1) is 7.11 Å². The quantitative estimate of drug-likeness (QED) is 0.727. The first-order valence-electron chi connectivity index (χ1n) is 4.05. The normalized spacial score (nSPS) is 12.7. The van der Waals surface area contributed by atoms with Crippen LogP contribution in [0.5, 0.6) is 5.75 Å². The first-order chi connectivity index (χ1) is 5.65. The van der Waals surface area contributed by atoms with Crippen LogP contribution in [0.3, 0.4) is 0 Å². The third-order valence-electron chi connectivity index (χ3n) is 1.96. The van der Waals surface area contributed by atoms with Crippen LogP contribution in [0.15, 0.2) is 18.2 Å². The molecule has 2 heteroatoms. The van der Waals surface area contributed by atoms with Crippen molar-refractivity contribution in [2.45, 2.75) is 19.9 Å². The Kier molecular flexibility index (Phi) is 2.71. The van der Waals surface area contributed by atoms with Crippen molar-refractivity contribution in [3.05, 3.63) is 29.3 Å². The van der Waals surface area contributed by atoms with Gasteiger partial charge in [0.1, 0.15) is 5.75 Å². The average molecular weight is 165 g/mol. The van der Waals surface area contributed by atoms with Crippen LogP contribution in [0.25, 0.3) is 0 Å². The molecular weight excluding hydrogens is 150 g/mol. The van der Waals surface area contributed by atoms with Crippen LogP contribution in [-0.4, -0.2) is 7.11 Å². The Morgan fingerprint density at radius 3 is 2.58 bits per heavy atom. The fourth-order valence-corrected chi connectivity index (χ4v) is 1.12. The van der Waals surface area contributed by atoms with Crippen LogP contribution in [0, 0.1) is 6.92 Å². The van der Waals surface area contributed by atoms with Crippen LogP contribution in [0.4, 0.5) is 0 Å². The number of methoxy groups -OCH3 is 1. The molecular formula is C10H15NO. The third-order valence-corrected chi connectivity index (χ3v) is 1.96. The highest BCUT2D eigenvalue weighted by Gasteiger charge is 2.02. The molecule has 0 bridgehead atoms. The van der Waals surface area contributed by atoms with Crippen molar-refractivity contribution in [1.82, 2.24) is 0 Å². The van der Waals surface area contributed by atoms with Gasteiger partial charge in [-0.15, -0.1) is 0 Å². The van der Waals surface area contributed by atoms with Crippen molar-refractivity contribution in [3.8, 4) is 5.75 Å². The molecule has 0 radical (unpaired) electrons. The Balaban J connectivity index is 3.05. The minimum Gasteiger partial charge on any atom is -0.496 e. The fraction of sp³-hybridized carbons (Fsp3) is 0.400. The summed E-state index contributed by atoms with van der Waals surface area (Å²) in [5.74, 6) is 0.907. The van der Waals surface area contributed by atoms with Crippen molar-refractivity contribution >= 4 is 0 Å². The Morgan fingerprint density at radius 1 is 1.42 bits per heavy atom. The zero-order valence-corrected chi connectivity index (χ0v) is 7.79. The lowest BCUT2D eigenvalue weighted by atomic mass is 10.1. The number of rotatable bonds is 2. The topological polar surface area (TPSA) is 35.2 Å². The van der Waals surface area contributed by atoms with Crippen LogP contribution in [0.2, 0.25) is 0 Å². The molecule has 0 saturated heterocycles. The predicted molar refractivity (Wildman–Crippen MR) is 50.3 cm³/mol. The number of benzene rings is 1. The molecule has 0 aliphatic carbocycles. The van der Waals surface area contributed by atoms with Gasteiger partial charge in [0.15, 0.2) is 0 Å². The van der Waals surface area contributed by atoms with Gasteiger partial charge in [-0.25, -0.2) is 0 Å². The smallest absolute Gasteiger partial charge is 0.122 e. The minimum absolute atomic E-state index is 0.0690. The molecule has 0 heterocycles. The highest BCUT2D eigenvalue weighted by molar-refractivity contribution is 5.37. The Bertz CT molecular complexity index is 269. The first kappa shape index (κ1) is 9.07. The number of nitrogens with two attached hydrogens (primary N) is 1. The summed E-state index contributed by atoms with van der Waals surface area (Å²) in [6.45, 7) is 3.98. The first-order valence-corrected chi connectivity index (χ1v) is 4.05. The van der Waals surface area contributed by atoms with E-state index in [0.29, 0.717) is 0 Å². The molecule has 0 unspecified atom stereocenters. The summed E-state index contributed by atoms with van der Waals surface area (Å²) in [6.07, 6.45) is 0. The average Bonchev–Trinajstić information content (AvgIpc) is 2.05. The Labute approximate surface area is 73.3 Å². The largest absolute Gasteiger partial charge is 0.496 e. The number of hydrogen-bond donors (Lipinski definition) is 1. The highest BCUT2D eigenvalue weighted by Crippen LogP contribution is 2.21. The molecule has 2 N–H and O–H groups in total.